The monoisotopic (exact) mass is 343 g/mol. The van der Waals surface area contributed by atoms with Crippen LogP contribution < -0.4 is 15.2 Å². The van der Waals surface area contributed by atoms with Crippen LogP contribution in [0.25, 0.3) is 0 Å². The topological polar surface area (TPSA) is 87.8 Å². The molecular formula is C19H21NO5. The Kier molecular flexibility index (Phi) is 6.83. The number of hydrogen-bond acceptors (Lipinski definition) is 5. The van der Waals surface area contributed by atoms with Crippen LogP contribution in [-0.4, -0.2) is 25.1 Å². The highest BCUT2D eigenvalue weighted by atomic mass is 16.6. The van der Waals surface area contributed by atoms with Gasteiger partial charge in [0.15, 0.2) is 0 Å². The van der Waals surface area contributed by atoms with Gasteiger partial charge in [-0.2, -0.15) is 0 Å². The first-order chi connectivity index (χ1) is 12.1. The number of esters is 1. The molecule has 0 bridgehead atoms. The van der Waals surface area contributed by atoms with Crippen LogP contribution in [0, 0.1) is 0 Å². The summed E-state index contributed by atoms with van der Waals surface area (Å²) >= 11 is 0. The number of carbonyl (C=O) groups is 2. The molecule has 0 fully saturated rings. The SMILES string of the molecule is CCOc1ccc(OCCC(=O)OC(C(N)=O)c2ccccc2)cc1. The van der Waals surface area contributed by atoms with E-state index in [0.29, 0.717) is 17.9 Å². The minimum Gasteiger partial charge on any atom is -0.494 e. The molecular weight excluding hydrogens is 322 g/mol. The minimum absolute atomic E-state index is 0.00379. The maximum atomic E-state index is 11.9. The number of carbonyl (C=O) groups excluding carboxylic acids is 2. The molecule has 0 aliphatic heterocycles. The number of rotatable bonds is 9. The molecule has 1 amide bonds. The second-order valence-electron chi connectivity index (χ2n) is 5.19. The third kappa shape index (κ3) is 5.84. The molecule has 0 aromatic heterocycles. The molecule has 1 atom stereocenters. The van der Waals surface area contributed by atoms with Gasteiger partial charge in [0.1, 0.15) is 11.5 Å². The van der Waals surface area contributed by atoms with Crippen molar-refractivity contribution < 1.29 is 23.8 Å². The van der Waals surface area contributed by atoms with Gasteiger partial charge in [-0.15, -0.1) is 0 Å². The molecule has 0 radical (unpaired) electrons. The predicted molar refractivity (Wildman–Crippen MR) is 92.2 cm³/mol. The number of benzene rings is 2. The third-order valence-electron chi connectivity index (χ3n) is 3.32. The van der Waals surface area contributed by atoms with E-state index in [1.807, 2.05) is 6.92 Å². The molecule has 6 nitrogen and oxygen atoms in total. The van der Waals surface area contributed by atoms with Gasteiger partial charge in [0.2, 0.25) is 6.10 Å². The van der Waals surface area contributed by atoms with E-state index in [9.17, 15) is 9.59 Å². The summed E-state index contributed by atoms with van der Waals surface area (Å²) in [6, 6.07) is 15.7. The van der Waals surface area contributed by atoms with Gasteiger partial charge in [-0.3, -0.25) is 9.59 Å². The Labute approximate surface area is 146 Å². The summed E-state index contributed by atoms with van der Waals surface area (Å²) in [7, 11) is 0. The first kappa shape index (κ1) is 18.3. The molecule has 132 valence electrons. The lowest BCUT2D eigenvalue weighted by Gasteiger charge is -2.15. The second-order valence-corrected chi connectivity index (χ2v) is 5.19. The van der Waals surface area contributed by atoms with Gasteiger partial charge in [-0.05, 0) is 31.2 Å². The summed E-state index contributed by atoms with van der Waals surface area (Å²) in [6.07, 6.45) is -1.09. The van der Waals surface area contributed by atoms with E-state index in [0.717, 1.165) is 5.75 Å². The van der Waals surface area contributed by atoms with Crippen LogP contribution in [0.2, 0.25) is 0 Å². The average molecular weight is 343 g/mol. The van der Waals surface area contributed by atoms with Crippen molar-refractivity contribution in [3.05, 3.63) is 60.2 Å². The smallest absolute Gasteiger partial charge is 0.310 e. The van der Waals surface area contributed by atoms with E-state index in [1.54, 1.807) is 54.6 Å². The molecule has 2 aromatic carbocycles. The summed E-state index contributed by atoms with van der Waals surface area (Å²) in [5.41, 5.74) is 5.85. The summed E-state index contributed by atoms with van der Waals surface area (Å²) in [4.78, 5) is 23.4. The molecule has 2 aromatic rings. The Morgan fingerprint density at radius 2 is 1.56 bits per heavy atom. The summed E-state index contributed by atoms with van der Waals surface area (Å²) < 4.78 is 16.0. The Bertz CT molecular complexity index is 685. The molecule has 0 aliphatic rings. The standard InChI is InChI=1S/C19H21NO5/c1-2-23-15-8-10-16(11-9-15)24-13-12-17(21)25-18(19(20)22)14-6-4-3-5-7-14/h3-11,18H,2,12-13H2,1H3,(H2,20,22). The lowest BCUT2D eigenvalue weighted by molar-refractivity contribution is -0.155. The summed E-state index contributed by atoms with van der Waals surface area (Å²) in [6.45, 7) is 2.63. The Morgan fingerprint density at radius 3 is 2.12 bits per heavy atom. The lowest BCUT2D eigenvalue weighted by Crippen LogP contribution is -2.26. The fourth-order valence-electron chi connectivity index (χ4n) is 2.16. The Hall–Kier alpha value is -3.02. The van der Waals surface area contributed by atoms with Crippen molar-refractivity contribution in [1.29, 1.82) is 0 Å². The Balaban J connectivity index is 1.82. The van der Waals surface area contributed by atoms with E-state index in [1.165, 1.54) is 0 Å². The molecule has 25 heavy (non-hydrogen) atoms. The zero-order valence-corrected chi connectivity index (χ0v) is 14.0. The first-order valence-corrected chi connectivity index (χ1v) is 7.99. The van der Waals surface area contributed by atoms with Gasteiger partial charge in [-0.1, -0.05) is 30.3 Å². The lowest BCUT2D eigenvalue weighted by atomic mass is 10.1. The van der Waals surface area contributed by atoms with Gasteiger partial charge in [-0.25, -0.2) is 0 Å². The number of amides is 1. The van der Waals surface area contributed by atoms with Crippen LogP contribution in [0.15, 0.2) is 54.6 Å². The highest BCUT2D eigenvalue weighted by Crippen LogP contribution is 2.19. The molecule has 2 N–H and O–H groups in total. The highest BCUT2D eigenvalue weighted by Gasteiger charge is 2.22. The van der Waals surface area contributed by atoms with E-state index < -0.39 is 18.0 Å². The van der Waals surface area contributed by atoms with Gasteiger partial charge in [0.25, 0.3) is 5.91 Å². The molecule has 0 saturated heterocycles. The van der Waals surface area contributed by atoms with Crippen LogP contribution >= 0.6 is 0 Å². The van der Waals surface area contributed by atoms with Crippen molar-refractivity contribution in [3.8, 4) is 11.5 Å². The van der Waals surface area contributed by atoms with Crippen LogP contribution in [0.5, 0.6) is 11.5 Å². The van der Waals surface area contributed by atoms with Crippen LogP contribution in [0.3, 0.4) is 0 Å². The van der Waals surface area contributed by atoms with Crippen molar-refractivity contribution in [3.63, 3.8) is 0 Å². The summed E-state index contributed by atoms with van der Waals surface area (Å²) in [5, 5.41) is 0. The molecule has 2 rings (SSSR count). The molecule has 0 saturated carbocycles. The minimum atomic E-state index is -1.10. The van der Waals surface area contributed by atoms with Crippen molar-refractivity contribution in [1.82, 2.24) is 0 Å². The van der Waals surface area contributed by atoms with Crippen LogP contribution in [-0.2, 0) is 14.3 Å². The fraction of sp³-hybridized carbons (Fsp3) is 0.263. The van der Waals surface area contributed by atoms with Crippen molar-refractivity contribution in [2.24, 2.45) is 5.73 Å². The predicted octanol–water partition coefficient (Wildman–Crippen LogP) is 2.62. The quantitative estimate of drug-likeness (QED) is 0.707. The largest absolute Gasteiger partial charge is 0.494 e. The first-order valence-electron chi connectivity index (χ1n) is 7.99. The van der Waals surface area contributed by atoms with Crippen molar-refractivity contribution in [2.75, 3.05) is 13.2 Å². The van der Waals surface area contributed by atoms with E-state index in [4.69, 9.17) is 19.9 Å². The van der Waals surface area contributed by atoms with Gasteiger partial charge >= 0.3 is 5.97 Å². The van der Waals surface area contributed by atoms with E-state index in [2.05, 4.69) is 0 Å². The maximum absolute atomic E-state index is 11.9. The highest BCUT2D eigenvalue weighted by molar-refractivity contribution is 5.83. The number of primary amides is 1. The fourth-order valence-corrected chi connectivity index (χ4v) is 2.16. The molecule has 6 heteroatoms. The molecule has 0 aliphatic carbocycles. The van der Waals surface area contributed by atoms with Gasteiger partial charge in [0.05, 0.1) is 19.6 Å². The van der Waals surface area contributed by atoms with E-state index >= 15 is 0 Å². The summed E-state index contributed by atoms with van der Waals surface area (Å²) in [5.74, 6) is 0.0951. The van der Waals surface area contributed by atoms with Crippen molar-refractivity contribution >= 4 is 11.9 Å². The molecule has 1 unspecified atom stereocenters. The zero-order chi connectivity index (χ0) is 18.1. The van der Waals surface area contributed by atoms with Crippen LogP contribution in [0.4, 0.5) is 0 Å². The Morgan fingerprint density at radius 1 is 0.960 bits per heavy atom. The van der Waals surface area contributed by atoms with Gasteiger partial charge < -0.3 is 19.9 Å². The number of nitrogens with two attached hydrogens (primary N) is 1. The normalized spacial score (nSPS) is 11.4. The number of ether oxygens (including phenoxy) is 3. The van der Waals surface area contributed by atoms with Crippen molar-refractivity contribution in [2.45, 2.75) is 19.4 Å². The average Bonchev–Trinajstić information content (AvgIpc) is 2.62. The third-order valence-corrected chi connectivity index (χ3v) is 3.32. The molecule has 0 heterocycles. The molecule has 0 spiro atoms. The van der Waals surface area contributed by atoms with E-state index in [-0.39, 0.29) is 13.0 Å². The second kappa shape index (κ2) is 9.32. The van der Waals surface area contributed by atoms with Gasteiger partial charge in [0, 0.05) is 5.56 Å². The maximum Gasteiger partial charge on any atom is 0.310 e. The number of hydrogen-bond donors (Lipinski definition) is 1. The zero-order valence-electron chi connectivity index (χ0n) is 14.0. The van der Waals surface area contributed by atoms with Crippen LogP contribution in [0.1, 0.15) is 25.0 Å².